The van der Waals surface area contributed by atoms with Crippen LogP contribution in [-0.2, 0) is 21.9 Å². The summed E-state index contributed by atoms with van der Waals surface area (Å²) < 4.78 is 16.0. The average Bonchev–Trinajstić information content (AvgIpc) is 2.53. The van der Waals surface area contributed by atoms with Crippen LogP contribution in [-0.4, -0.2) is 27.6 Å². The second-order valence-corrected chi connectivity index (χ2v) is 6.65. The van der Waals surface area contributed by atoms with Gasteiger partial charge in [0.15, 0.2) is 0 Å². The molecule has 1 atom stereocenters. The van der Waals surface area contributed by atoms with Crippen LogP contribution in [0.3, 0.4) is 0 Å². The van der Waals surface area contributed by atoms with Gasteiger partial charge in [-0.3, -0.25) is 4.52 Å². The van der Waals surface area contributed by atoms with Crippen molar-refractivity contribution in [3.63, 3.8) is 0 Å². The number of aliphatic hydroxyl groups excluding tert-OH is 1. The van der Waals surface area contributed by atoms with Gasteiger partial charge in [-0.2, -0.15) is 0 Å². The van der Waals surface area contributed by atoms with Gasteiger partial charge in [0, 0.05) is 0 Å². The van der Waals surface area contributed by atoms with Crippen molar-refractivity contribution in [2.24, 2.45) is 5.92 Å². The van der Waals surface area contributed by atoms with Crippen LogP contribution >= 0.6 is 7.82 Å². The Morgan fingerprint density at radius 1 is 0.870 bits per heavy atom. The van der Waals surface area contributed by atoms with E-state index >= 15 is 0 Å². The van der Waals surface area contributed by atoms with E-state index in [1.54, 1.807) is 0 Å². The average molecular weight is 336 g/mol. The van der Waals surface area contributed by atoms with E-state index in [0.717, 1.165) is 11.1 Å². The van der Waals surface area contributed by atoms with E-state index in [1.807, 2.05) is 60.7 Å². The first-order chi connectivity index (χ1) is 11.0. The third-order valence-corrected chi connectivity index (χ3v) is 4.21. The maximum atomic E-state index is 11.2. The molecule has 23 heavy (non-hydrogen) atoms. The van der Waals surface area contributed by atoms with Gasteiger partial charge in [0.25, 0.3) is 0 Å². The van der Waals surface area contributed by atoms with E-state index in [0.29, 0.717) is 12.8 Å². The van der Waals surface area contributed by atoms with Gasteiger partial charge < -0.3 is 14.9 Å². The molecule has 6 heteroatoms. The van der Waals surface area contributed by atoms with Crippen molar-refractivity contribution >= 4 is 7.82 Å². The van der Waals surface area contributed by atoms with Gasteiger partial charge >= 0.3 is 7.82 Å². The summed E-state index contributed by atoms with van der Waals surface area (Å²) in [6, 6.07) is 19.2. The van der Waals surface area contributed by atoms with Gasteiger partial charge in [-0.15, -0.1) is 0 Å². The molecule has 2 rings (SSSR count). The largest absolute Gasteiger partial charge is 0.469 e. The number of hydrogen-bond acceptors (Lipinski definition) is 3. The van der Waals surface area contributed by atoms with Gasteiger partial charge in [0.2, 0.25) is 0 Å². The Morgan fingerprint density at radius 3 is 1.65 bits per heavy atom. The predicted molar refractivity (Wildman–Crippen MR) is 87.8 cm³/mol. The molecule has 0 saturated heterocycles. The quantitative estimate of drug-likeness (QED) is 0.645. The summed E-state index contributed by atoms with van der Waals surface area (Å²) in [5, 5.41) is 9.55. The van der Waals surface area contributed by atoms with E-state index in [2.05, 4.69) is 0 Å². The number of benzene rings is 2. The monoisotopic (exact) mass is 336 g/mol. The fraction of sp³-hybridized carbons (Fsp3) is 0.294. The highest BCUT2D eigenvalue weighted by atomic mass is 31.2. The van der Waals surface area contributed by atoms with Gasteiger partial charge in [-0.25, -0.2) is 4.57 Å². The van der Waals surface area contributed by atoms with E-state index in [-0.39, 0.29) is 5.92 Å². The molecule has 2 aromatic carbocycles. The van der Waals surface area contributed by atoms with Crippen LogP contribution in [0.1, 0.15) is 11.1 Å². The number of phosphoric ester groups is 1. The highest BCUT2D eigenvalue weighted by molar-refractivity contribution is 7.46. The minimum absolute atomic E-state index is 0.252. The highest BCUT2D eigenvalue weighted by Crippen LogP contribution is 2.40. The zero-order valence-electron chi connectivity index (χ0n) is 12.7. The summed E-state index contributed by atoms with van der Waals surface area (Å²) >= 11 is 0. The molecule has 5 nitrogen and oxygen atoms in total. The van der Waals surface area contributed by atoms with Crippen molar-refractivity contribution in [1.29, 1.82) is 0 Å². The van der Waals surface area contributed by atoms with E-state index in [1.165, 1.54) is 0 Å². The molecule has 0 aliphatic heterocycles. The third-order valence-electron chi connectivity index (χ3n) is 3.66. The van der Waals surface area contributed by atoms with E-state index in [4.69, 9.17) is 14.3 Å². The molecule has 2 aromatic rings. The van der Waals surface area contributed by atoms with Gasteiger partial charge in [0.05, 0.1) is 12.7 Å². The molecule has 3 N–H and O–H groups in total. The fourth-order valence-corrected chi connectivity index (χ4v) is 3.21. The van der Waals surface area contributed by atoms with Crippen LogP contribution in [0.4, 0.5) is 0 Å². The van der Waals surface area contributed by atoms with Crippen LogP contribution in [0.15, 0.2) is 60.7 Å². The Hall–Kier alpha value is -1.49. The number of rotatable bonds is 8. The van der Waals surface area contributed by atoms with E-state index in [9.17, 15) is 9.67 Å². The summed E-state index contributed by atoms with van der Waals surface area (Å²) in [5.74, 6) is -0.252. The van der Waals surface area contributed by atoms with Crippen molar-refractivity contribution in [3.05, 3.63) is 71.8 Å². The van der Waals surface area contributed by atoms with Crippen molar-refractivity contribution in [1.82, 2.24) is 0 Å². The second kappa shape index (κ2) is 8.39. The fourth-order valence-electron chi connectivity index (χ4n) is 2.61. The molecule has 0 aliphatic rings. The molecular formula is C17H21O5P. The lowest BCUT2D eigenvalue weighted by atomic mass is 9.88. The molecule has 124 valence electrons. The Labute approximate surface area is 135 Å². The molecule has 0 aliphatic carbocycles. The lowest BCUT2D eigenvalue weighted by Gasteiger charge is -2.26. The van der Waals surface area contributed by atoms with Crippen LogP contribution in [0.25, 0.3) is 0 Å². The first-order valence-corrected chi connectivity index (χ1v) is 8.93. The number of aliphatic hydroxyl groups is 1. The number of hydrogen-bond donors (Lipinski definition) is 3. The minimum Gasteiger partial charge on any atom is -0.394 e. The molecule has 0 spiro atoms. The Kier molecular flexibility index (Phi) is 6.51. The lowest BCUT2D eigenvalue weighted by Crippen LogP contribution is -2.30. The van der Waals surface area contributed by atoms with Crippen molar-refractivity contribution in [2.75, 3.05) is 6.61 Å². The Balaban J connectivity index is 2.20. The molecule has 0 fully saturated rings. The van der Waals surface area contributed by atoms with Crippen LogP contribution < -0.4 is 0 Å². The molecular weight excluding hydrogens is 315 g/mol. The molecule has 0 radical (unpaired) electrons. The maximum absolute atomic E-state index is 11.2. The summed E-state index contributed by atoms with van der Waals surface area (Å²) in [6.07, 6.45) is 0.179. The normalized spacial score (nSPS) is 13.2. The zero-order chi connectivity index (χ0) is 16.7. The smallest absolute Gasteiger partial charge is 0.394 e. The lowest BCUT2D eigenvalue weighted by molar-refractivity contribution is 0.0403. The van der Waals surface area contributed by atoms with Crippen molar-refractivity contribution in [2.45, 2.75) is 18.9 Å². The van der Waals surface area contributed by atoms with Crippen LogP contribution in [0.5, 0.6) is 0 Å². The summed E-state index contributed by atoms with van der Waals surface area (Å²) in [4.78, 5) is 18.2. The van der Waals surface area contributed by atoms with Crippen LogP contribution in [0, 0.1) is 5.92 Å². The second-order valence-electron chi connectivity index (χ2n) is 5.46. The van der Waals surface area contributed by atoms with Gasteiger partial charge in [0.1, 0.15) is 0 Å². The first kappa shape index (κ1) is 17.9. The van der Waals surface area contributed by atoms with E-state index < -0.39 is 20.5 Å². The Bertz CT molecular complexity index is 584. The predicted octanol–water partition coefficient (Wildman–Crippen LogP) is 2.56. The minimum atomic E-state index is -4.66. The molecule has 0 heterocycles. The molecule has 0 bridgehead atoms. The maximum Gasteiger partial charge on any atom is 0.469 e. The molecule has 0 aromatic heterocycles. The molecule has 0 saturated carbocycles. The standard InChI is InChI=1S/C17H21O5P/c18-13-17(22-23(19,20)21)16(11-14-7-3-1-4-8-14)12-15-9-5-2-6-10-15/h1-10,16-18H,11-13H2,(H2,19,20,21). The van der Waals surface area contributed by atoms with Crippen molar-refractivity contribution < 1.29 is 24.0 Å². The third kappa shape index (κ3) is 6.26. The Morgan fingerprint density at radius 2 is 1.30 bits per heavy atom. The first-order valence-electron chi connectivity index (χ1n) is 7.40. The summed E-state index contributed by atoms with van der Waals surface area (Å²) in [5.41, 5.74) is 2.06. The topological polar surface area (TPSA) is 87.0 Å². The zero-order valence-corrected chi connectivity index (χ0v) is 13.5. The highest BCUT2D eigenvalue weighted by Gasteiger charge is 2.29. The van der Waals surface area contributed by atoms with Crippen LogP contribution in [0.2, 0.25) is 0 Å². The summed E-state index contributed by atoms with van der Waals surface area (Å²) in [6.45, 7) is -0.449. The van der Waals surface area contributed by atoms with Gasteiger partial charge in [-0.1, -0.05) is 60.7 Å². The number of phosphoric acid groups is 1. The summed E-state index contributed by atoms with van der Waals surface area (Å²) in [7, 11) is -4.66. The SMILES string of the molecule is O=P(O)(O)OC(CO)C(Cc1ccccc1)Cc1ccccc1. The molecule has 0 amide bonds. The molecule has 1 unspecified atom stereocenters. The van der Waals surface area contributed by atoms with Gasteiger partial charge in [-0.05, 0) is 29.9 Å². The van der Waals surface area contributed by atoms with Crippen molar-refractivity contribution in [3.8, 4) is 0 Å².